The minimum Gasteiger partial charge on any atom is -0.327 e. The molecule has 28 heavy (non-hydrogen) atoms. The molecule has 0 bridgehead atoms. The highest BCUT2D eigenvalue weighted by Crippen LogP contribution is 2.16. The van der Waals surface area contributed by atoms with E-state index in [-0.39, 0.29) is 6.03 Å². The maximum absolute atomic E-state index is 13.4. The van der Waals surface area contributed by atoms with Gasteiger partial charge in [0.15, 0.2) is 0 Å². The molecule has 5 nitrogen and oxygen atoms in total. The molecule has 0 aliphatic heterocycles. The molecule has 3 aromatic rings. The Kier molecular flexibility index (Phi) is 6.48. The van der Waals surface area contributed by atoms with E-state index in [1.165, 1.54) is 4.74 Å². The van der Waals surface area contributed by atoms with Gasteiger partial charge >= 0.3 is 11.7 Å². The van der Waals surface area contributed by atoms with Gasteiger partial charge in [-0.15, -0.1) is 4.74 Å². The zero-order chi connectivity index (χ0) is 19.9. The average Bonchev–Trinajstić information content (AvgIpc) is 3.04. The summed E-state index contributed by atoms with van der Waals surface area (Å²) in [5.41, 5.74) is 2.91. The van der Waals surface area contributed by atoms with Crippen LogP contribution >= 0.6 is 0 Å². The van der Waals surface area contributed by atoms with Crippen LogP contribution in [-0.4, -0.2) is 15.7 Å². The lowest BCUT2D eigenvalue weighted by molar-refractivity contribution is 0.158. The molecule has 0 fully saturated rings. The average molecular weight is 378 g/mol. The molecule has 0 saturated heterocycles. The van der Waals surface area contributed by atoms with Crippen molar-refractivity contribution in [2.24, 2.45) is 0 Å². The number of aromatic nitrogens is 1. The fraction of sp³-hybridized carbons (Fsp3) is 0.304. The highest BCUT2D eigenvalue weighted by atomic mass is 16.5. The third-order valence-corrected chi connectivity index (χ3v) is 4.73. The van der Waals surface area contributed by atoms with E-state index in [4.69, 9.17) is 4.52 Å². The number of carbonyl (C=O) groups excluding carboxylic acids is 1. The van der Waals surface area contributed by atoms with Gasteiger partial charge in [-0.1, -0.05) is 80.9 Å². The van der Waals surface area contributed by atoms with Crippen LogP contribution in [0.4, 0.5) is 4.79 Å². The maximum Gasteiger partial charge on any atom is 0.361 e. The van der Waals surface area contributed by atoms with Crippen molar-refractivity contribution in [1.29, 1.82) is 0 Å². The first-order valence-electron chi connectivity index (χ1n) is 9.75. The maximum atomic E-state index is 13.4. The van der Waals surface area contributed by atoms with E-state index in [2.05, 4.69) is 0 Å². The fourth-order valence-electron chi connectivity index (χ4n) is 3.35. The second-order valence-corrected chi connectivity index (χ2v) is 6.81. The molecule has 2 aromatic carbocycles. The van der Waals surface area contributed by atoms with Gasteiger partial charge in [0, 0.05) is 13.1 Å². The molecule has 1 amide bonds. The number of hydrogen-bond acceptors (Lipinski definition) is 3. The molecule has 0 aliphatic rings. The van der Waals surface area contributed by atoms with Gasteiger partial charge in [-0.3, -0.25) is 0 Å². The van der Waals surface area contributed by atoms with Crippen LogP contribution in [0.5, 0.6) is 0 Å². The lowest BCUT2D eigenvalue weighted by atomic mass is 10.1. The van der Waals surface area contributed by atoms with E-state index in [9.17, 15) is 9.59 Å². The molecule has 0 aliphatic carbocycles. The molecule has 146 valence electrons. The van der Waals surface area contributed by atoms with Crippen molar-refractivity contribution in [1.82, 2.24) is 9.64 Å². The molecule has 1 aromatic heterocycles. The molecular weight excluding hydrogens is 352 g/mol. The standard InChI is InChI=1S/C23H26N2O3/c1-3-11-21-20(4-2)22(26)28-25(21)23(27)24(16-18-12-7-5-8-13-18)17-19-14-9-6-10-15-19/h5-10,12-15H,3-4,11,16-17H2,1-2H3. The van der Waals surface area contributed by atoms with Crippen molar-refractivity contribution in [2.75, 3.05) is 0 Å². The highest BCUT2D eigenvalue weighted by molar-refractivity contribution is 5.76. The topological polar surface area (TPSA) is 55.5 Å². The minimum absolute atomic E-state index is 0.312. The van der Waals surface area contributed by atoms with Gasteiger partial charge < -0.3 is 9.42 Å². The van der Waals surface area contributed by atoms with Gasteiger partial charge in [-0.25, -0.2) is 9.59 Å². The lowest BCUT2D eigenvalue weighted by Gasteiger charge is -2.23. The third kappa shape index (κ3) is 4.42. The second-order valence-electron chi connectivity index (χ2n) is 6.81. The zero-order valence-electron chi connectivity index (χ0n) is 16.4. The Morgan fingerprint density at radius 1 is 0.929 bits per heavy atom. The largest absolute Gasteiger partial charge is 0.361 e. The first kappa shape index (κ1) is 19.7. The van der Waals surface area contributed by atoms with Crippen LogP contribution < -0.4 is 5.63 Å². The summed E-state index contributed by atoms with van der Waals surface area (Å²) in [5.74, 6) is 0. The molecule has 0 N–H and O–H groups in total. The predicted molar refractivity (Wildman–Crippen MR) is 109 cm³/mol. The van der Waals surface area contributed by atoms with Crippen LogP contribution in [-0.2, 0) is 25.9 Å². The van der Waals surface area contributed by atoms with Crippen molar-refractivity contribution in [3.05, 3.63) is 93.5 Å². The summed E-state index contributed by atoms with van der Waals surface area (Å²) in [6.07, 6.45) is 2.01. The summed E-state index contributed by atoms with van der Waals surface area (Å²) in [7, 11) is 0. The van der Waals surface area contributed by atoms with Crippen molar-refractivity contribution >= 4 is 6.03 Å². The molecule has 3 rings (SSSR count). The second kappa shape index (κ2) is 9.22. The minimum atomic E-state index is -0.418. The van der Waals surface area contributed by atoms with Gasteiger partial charge in [0.05, 0.1) is 11.3 Å². The van der Waals surface area contributed by atoms with Crippen LogP contribution in [0.1, 0.15) is 42.7 Å². The normalized spacial score (nSPS) is 10.8. The Hall–Kier alpha value is -3.08. The number of benzene rings is 2. The Balaban J connectivity index is 1.97. The first-order valence-corrected chi connectivity index (χ1v) is 9.75. The van der Waals surface area contributed by atoms with Gasteiger partial charge in [0.1, 0.15) is 0 Å². The number of nitrogens with zero attached hydrogens (tertiary/aromatic N) is 2. The summed E-state index contributed by atoms with van der Waals surface area (Å²) in [5, 5.41) is 0. The quantitative estimate of drug-likeness (QED) is 0.602. The van der Waals surface area contributed by atoms with E-state index in [1.807, 2.05) is 74.5 Å². The predicted octanol–water partition coefficient (Wildman–Crippen LogP) is 4.63. The Labute approximate surface area is 165 Å². The lowest BCUT2D eigenvalue weighted by Crippen LogP contribution is -2.34. The van der Waals surface area contributed by atoms with Crippen molar-refractivity contribution in [3.8, 4) is 0 Å². The molecular formula is C23H26N2O3. The summed E-state index contributed by atoms with van der Waals surface area (Å²) >= 11 is 0. The first-order chi connectivity index (χ1) is 13.6. The molecule has 0 radical (unpaired) electrons. The number of rotatable bonds is 7. The van der Waals surface area contributed by atoms with Gasteiger partial charge in [0.25, 0.3) is 0 Å². The van der Waals surface area contributed by atoms with E-state index in [1.54, 1.807) is 4.90 Å². The monoisotopic (exact) mass is 378 g/mol. The van der Waals surface area contributed by atoms with E-state index < -0.39 is 5.63 Å². The highest BCUT2D eigenvalue weighted by Gasteiger charge is 2.24. The third-order valence-electron chi connectivity index (χ3n) is 4.73. The Morgan fingerprint density at radius 2 is 1.46 bits per heavy atom. The zero-order valence-corrected chi connectivity index (χ0v) is 16.4. The van der Waals surface area contributed by atoms with E-state index in [0.717, 1.165) is 17.5 Å². The van der Waals surface area contributed by atoms with Crippen molar-refractivity contribution < 1.29 is 9.32 Å². The molecule has 0 atom stereocenters. The van der Waals surface area contributed by atoms with Crippen LogP contribution in [0.3, 0.4) is 0 Å². The molecule has 1 heterocycles. The van der Waals surface area contributed by atoms with Crippen molar-refractivity contribution in [2.45, 2.75) is 46.2 Å². The molecule has 5 heteroatoms. The number of amides is 1. The Bertz CT molecular complexity index is 917. The summed E-state index contributed by atoms with van der Waals surface area (Å²) in [4.78, 5) is 27.4. The van der Waals surface area contributed by atoms with Crippen molar-refractivity contribution in [3.63, 3.8) is 0 Å². The van der Waals surface area contributed by atoms with Gasteiger partial charge in [-0.2, -0.15) is 0 Å². The summed E-state index contributed by atoms with van der Waals surface area (Å²) in [6.45, 7) is 4.80. The fourth-order valence-corrected chi connectivity index (χ4v) is 3.35. The van der Waals surface area contributed by atoms with E-state index in [0.29, 0.717) is 37.2 Å². The molecule has 0 saturated carbocycles. The van der Waals surface area contributed by atoms with E-state index >= 15 is 0 Å². The smallest absolute Gasteiger partial charge is 0.327 e. The summed E-state index contributed by atoms with van der Waals surface area (Å²) < 4.78 is 6.58. The Morgan fingerprint density at radius 3 is 1.93 bits per heavy atom. The SMILES string of the molecule is CCCc1c(CC)c(=O)on1C(=O)N(Cc1ccccc1)Cc1ccccc1. The summed E-state index contributed by atoms with van der Waals surface area (Å²) in [6, 6.07) is 19.3. The number of hydrogen-bond donors (Lipinski definition) is 0. The van der Waals surface area contributed by atoms with Crippen LogP contribution in [0.2, 0.25) is 0 Å². The van der Waals surface area contributed by atoms with Crippen LogP contribution in [0, 0.1) is 0 Å². The molecule has 0 spiro atoms. The molecule has 0 unspecified atom stereocenters. The van der Waals surface area contributed by atoms with Gasteiger partial charge in [0.2, 0.25) is 0 Å². The van der Waals surface area contributed by atoms with Gasteiger partial charge in [-0.05, 0) is 24.0 Å². The van der Waals surface area contributed by atoms with Crippen LogP contribution in [0.15, 0.2) is 70.0 Å². The van der Waals surface area contributed by atoms with Crippen LogP contribution in [0.25, 0.3) is 0 Å². The number of carbonyl (C=O) groups is 1.